The summed E-state index contributed by atoms with van der Waals surface area (Å²) in [5.41, 5.74) is 0.728. The van der Waals surface area contributed by atoms with Crippen LogP contribution in [0.3, 0.4) is 0 Å². The van der Waals surface area contributed by atoms with Crippen LogP contribution in [-0.4, -0.2) is 37.0 Å². The normalized spacial score (nSPS) is 10.9. The Kier molecular flexibility index (Phi) is 4.92. The van der Waals surface area contributed by atoms with E-state index in [1.54, 1.807) is 6.07 Å². The van der Waals surface area contributed by atoms with Gasteiger partial charge in [0.05, 0.1) is 13.0 Å². The summed E-state index contributed by atoms with van der Waals surface area (Å²) < 4.78 is 2.77. The SMILES string of the molecule is O=C(Cc1cccc2ccccc12)NCCn1nc(-n2cncn2)ccc1=O. The van der Waals surface area contributed by atoms with E-state index in [0.29, 0.717) is 12.4 Å². The van der Waals surface area contributed by atoms with Crippen molar-refractivity contribution < 1.29 is 4.79 Å². The molecule has 8 heteroatoms. The minimum Gasteiger partial charge on any atom is -0.354 e. The minimum atomic E-state index is -0.243. The second-order valence-corrected chi connectivity index (χ2v) is 6.26. The number of carbonyl (C=O) groups is 1. The highest BCUT2D eigenvalue weighted by molar-refractivity contribution is 5.90. The van der Waals surface area contributed by atoms with Crippen molar-refractivity contribution in [2.45, 2.75) is 13.0 Å². The molecule has 2 heterocycles. The molecule has 8 nitrogen and oxygen atoms in total. The molecule has 0 radical (unpaired) electrons. The molecule has 0 saturated heterocycles. The van der Waals surface area contributed by atoms with Crippen molar-refractivity contribution in [3.05, 3.63) is 83.2 Å². The van der Waals surface area contributed by atoms with Gasteiger partial charge in [0, 0.05) is 12.6 Å². The molecule has 0 aliphatic carbocycles. The number of hydrogen-bond acceptors (Lipinski definition) is 5. The molecule has 28 heavy (non-hydrogen) atoms. The molecule has 0 bridgehead atoms. The van der Waals surface area contributed by atoms with Crippen LogP contribution in [0.25, 0.3) is 16.6 Å². The lowest BCUT2D eigenvalue weighted by atomic mass is 10.0. The Morgan fingerprint density at radius 2 is 1.89 bits per heavy atom. The topological polar surface area (TPSA) is 94.7 Å². The van der Waals surface area contributed by atoms with Crippen LogP contribution in [0.15, 0.2) is 72.0 Å². The predicted octanol–water partition coefficient (Wildman–Crippen LogP) is 1.34. The Labute approximate surface area is 160 Å². The van der Waals surface area contributed by atoms with E-state index in [4.69, 9.17) is 0 Å². The second kappa shape index (κ2) is 7.83. The molecule has 0 spiro atoms. The molecule has 4 aromatic rings. The molecule has 0 fully saturated rings. The number of amides is 1. The van der Waals surface area contributed by atoms with Gasteiger partial charge in [-0.3, -0.25) is 9.59 Å². The first-order chi connectivity index (χ1) is 13.7. The summed E-state index contributed by atoms with van der Waals surface area (Å²) in [5, 5.41) is 13.3. The van der Waals surface area contributed by atoms with Crippen LogP contribution in [0.2, 0.25) is 0 Å². The van der Waals surface area contributed by atoms with Crippen molar-refractivity contribution in [1.82, 2.24) is 29.9 Å². The van der Waals surface area contributed by atoms with Crippen molar-refractivity contribution in [3.8, 4) is 5.82 Å². The van der Waals surface area contributed by atoms with E-state index in [0.717, 1.165) is 16.3 Å². The van der Waals surface area contributed by atoms with Gasteiger partial charge in [-0.05, 0) is 22.4 Å². The van der Waals surface area contributed by atoms with E-state index >= 15 is 0 Å². The summed E-state index contributed by atoms with van der Waals surface area (Å²) in [7, 11) is 0. The Bertz CT molecular complexity index is 1160. The third kappa shape index (κ3) is 3.80. The Balaban J connectivity index is 1.39. The smallest absolute Gasteiger partial charge is 0.266 e. The van der Waals surface area contributed by atoms with Crippen LogP contribution in [-0.2, 0) is 17.8 Å². The van der Waals surface area contributed by atoms with Gasteiger partial charge in [0.15, 0.2) is 5.82 Å². The van der Waals surface area contributed by atoms with Crippen LogP contribution in [0.4, 0.5) is 0 Å². The largest absolute Gasteiger partial charge is 0.354 e. The van der Waals surface area contributed by atoms with E-state index in [1.807, 2.05) is 42.5 Å². The van der Waals surface area contributed by atoms with E-state index in [2.05, 4.69) is 20.5 Å². The molecule has 0 aliphatic heterocycles. The molecule has 140 valence electrons. The Morgan fingerprint density at radius 1 is 1.04 bits per heavy atom. The third-order valence-electron chi connectivity index (χ3n) is 4.38. The number of rotatable bonds is 6. The number of hydrogen-bond donors (Lipinski definition) is 1. The molecule has 0 saturated carbocycles. The van der Waals surface area contributed by atoms with Gasteiger partial charge in [-0.2, -0.15) is 5.10 Å². The Morgan fingerprint density at radius 3 is 2.75 bits per heavy atom. The highest BCUT2D eigenvalue weighted by Gasteiger charge is 2.08. The first kappa shape index (κ1) is 17.6. The number of aromatic nitrogens is 5. The molecule has 0 unspecified atom stereocenters. The molecular formula is C20H18N6O2. The average Bonchev–Trinajstić information content (AvgIpc) is 3.24. The predicted molar refractivity (Wildman–Crippen MR) is 104 cm³/mol. The monoisotopic (exact) mass is 374 g/mol. The Hall–Kier alpha value is -3.81. The number of benzene rings is 2. The lowest BCUT2D eigenvalue weighted by molar-refractivity contribution is -0.120. The van der Waals surface area contributed by atoms with Crippen molar-refractivity contribution in [2.75, 3.05) is 6.54 Å². The van der Waals surface area contributed by atoms with Crippen LogP contribution in [0.1, 0.15) is 5.56 Å². The average molecular weight is 374 g/mol. The first-order valence-electron chi connectivity index (χ1n) is 8.87. The van der Waals surface area contributed by atoms with E-state index in [9.17, 15) is 9.59 Å². The van der Waals surface area contributed by atoms with Crippen molar-refractivity contribution >= 4 is 16.7 Å². The lowest BCUT2D eigenvalue weighted by Gasteiger charge is -2.09. The first-order valence-corrected chi connectivity index (χ1v) is 8.87. The van der Waals surface area contributed by atoms with E-state index in [1.165, 1.54) is 28.1 Å². The van der Waals surface area contributed by atoms with Crippen LogP contribution >= 0.6 is 0 Å². The van der Waals surface area contributed by atoms with Crippen LogP contribution < -0.4 is 10.9 Å². The van der Waals surface area contributed by atoms with E-state index < -0.39 is 0 Å². The van der Waals surface area contributed by atoms with Gasteiger partial charge < -0.3 is 5.32 Å². The molecule has 0 aliphatic rings. The maximum atomic E-state index is 12.3. The van der Waals surface area contributed by atoms with Gasteiger partial charge in [-0.15, -0.1) is 5.10 Å². The van der Waals surface area contributed by atoms with Gasteiger partial charge in [0.2, 0.25) is 5.91 Å². The zero-order valence-electron chi connectivity index (χ0n) is 15.0. The summed E-state index contributed by atoms with van der Waals surface area (Å²) >= 11 is 0. The quantitative estimate of drug-likeness (QED) is 0.550. The van der Waals surface area contributed by atoms with Crippen LogP contribution in [0, 0.1) is 0 Å². The van der Waals surface area contributed by atoms with Gasteiger partial charge >= 0.3 is 0 Å². The van der Waals surface area contributed by atoms with E-state index in [-0.39, 0.29) is 24.4 Å². The van der Waals surface area contributed by atoms with Crippen molar-refractivity contribution in [3.63, 3.8) is 0 Å². The standard InChI is InChI=1S/C20H18N6O2/c27-19(12-16-6-3-5-15-4-1-2-7-17(15)16)22-10-11-25-20(28)9-8-18(24-25)26-14-21-13-23-26/h1-9,13-14H,10-12H2,(H,22,27). The minimum absolute atomic E-state index is 0.100. The molecule has 0 atom stereocenters. The lowest BCUT2D eigenvalue weighted by Crippen LogP contribution is -2.33. The zero-order valence-corrected chi connectivity index (χ0v) is 15.0. The van der Waals surface area contributed by atoms with Crippen LogP contribution in [0.5, 0.6) is 0 Å². The third-order valence-corrected chi connectivity index (χ3v) is 4.38. The zero-order chi connectivity index (χ0) is 19.3. The summed E-state index contributed by atoms with van der Waals surface area (Å²) in [4.78, 5) is 28.2. The molecular weight excluding hydrogens is 356 g/mol. The number of nitrogens with one attached hydrogen (secondary N) is 1. The molecule has 4 rings (SSSR count). The fraction of sp³-hybridized carbons (Fsp3) is 0.150. The second-order valence-electron chi connectivity index (χ2n) is 6.26. The van der Waals surface area contributed by atoms with Gasteiger partial charge in [-0.25, -0.2) is 14.3 Å². The fourth-order valence-electron chi connectivity index (χ4n) is 3.03. The summed E-state index contributed by atoms with van der Waals surface area (Å²) in [5.74, 6) is 0.385. The summed E-state index contributed by atoms with van der Waals surface area (Å²) in [6.45, 7) is 0.569. The number of nitrogens with zero attached hydrogens (tertiary/aromatic N) is 5. The highest BCUT2D eigenvalue weighted by Crippen LogP contribution is 2.18. The molecule has 1 amide bonds. The van der Waals surface area contributed by atoms with Crippen molar-refractivity contribution in [1.29, 1.82) is 0 Å². The molecule has 1 N–H and O–H groups in total. The summed E-state index contributed by atoms with van der Waals surface area (Å²) in [6, 6.07) is 16.9. The maximum Gasteiger partial charge on any atom is 0.266 e. The molecule has 2 aromatic heterocycles. The van der Waals surface area contributed by atoms with Gasteiger partial charge in [0.1, 0.15) is 12.7 Å². The van der Waals surface area contributed by atoms with Crippen molar-refractivity contribution in [2.24, 2.45) is 0 Å². The highest BCUT2D eigenvalue weighted by atomic mass is 16.1. The number of carbonyl (C=O) groups excluding carboxylic acids is 1. The van der Waals surface area contributed by atoms with Gasteiger partial charge in [0.25, 0.3) is 5.56 Å². The summed E-state index contributed by atoms with van der Waals surface area (Å²) in [6.07, 6.45) is 3.18. The molecule has 2 aromatic carbocycles. The fourth-order valence-corrected chi connectivity index (χ4v) is 3.03. The number of fused-ring (bicyclic) bond motifs is 1. The maximum absolute atomic E-state index is 12.3. The van der Waals surface area contributed by atoms with Gasteiger partial charge in [-0.1, -0.05) is 42.5 Å².